The first kappa shape index (κ1) is 15.7. The van der Waals surface area contributed by atoms with Gasteiger partial charge in [0.05, 0.1) is 12.6 Å². The zero-order chi connectivity index (χ0) is 17.3. The molecule has 24 heavy (non-hydrogen) atoms. The van der Waals surface area contributed by atoms with Gasteiger partial charge in [-0.1, -0.05) is 6.92 Å². The van der Waals surface area contributed by atoms with Gasteiger partial charge in [-0.2, -0.15) is 9.78 Å². The average Bonchev–Trinajstić information content (AvgIpc) is 3.19. The quantitative estimate of drug-likeness (QED) is 0.845. The lowest BCUT2D eigenvalue weighted by Gasteiger charge is -2.16. The second kappa shape index (κ2) is 5.77. The summed E-state index contributed by atoms with van der Waals surface area (Å²) < 4.78 is 1.16. The van der Waals surface area contributed by atoms with Crippen molar-refractivity contribution >= 4 is 17.8 Å². The predicted octanol–water partition coefficient (Wildman–Crippen LogP) is 2.04. The molecule has 1 aliphatic rings. The molecule has 2 amide bonds. The van der Waals surface area contributed by atoms with E-state index in [-0.39, 0.29) is 12.3 Å². The minimum absolute atomic E-state index is 0.106. The van der Waals surface area contributed by atoms with Crippen LogP contribution in [0.2, 0.25) is 0 Å². The molecule has 1 aliphatic heterocycles. The monoisotopic (exact) mass is 324 g/mol. The summed E-state index contributed by atoms with van der Waals surface area (Å²) in [6, 6.07) is 1.31. The fourth-order valence-corrected chi connectivity index (χ4v) is 2.44. The number of rotatable bonds is 3. The van der Waals surface area contributed by atoms with E-state index in [0.717, 1.165) is 15.8 Å². The van der Waals surface area contributed by atoms with Crippen molar-refractivity contribution < 1.29 is 9.59 Å². The number of pyridine rings is 1. The van der Waals surface area contributed by atoms with Crippen LogP contribution in [0, 0.1) is 6.57 Å². The molecule has 8 nitrogen and oxygen atoms in total. The molecule has 0 aromatic carbocycles. The number of anilines is 1. The molecule has 1 unspecified atom stereocenters. The molecule has 8 heteroatoms. The molecule has 0 saturated heterocycles. The van der Waals surface area contributed by atoms with Crippen LogP contribution in [0.25, 0.3) is 16.0 Å². The van der Waals surface area contributed by atoms with E-state index in [1.165, 1.54) is 0 Å². The van der Waals surface area contributed by atoms with E-state index in [0.29, 0.717) is 17.8 Å². The zero-order valence-corrected chi connectivity index (χ0v) is 13.3. The molecule has 0 bridgehead atoms. The highest BCUT2D eigenvalue weighted by atomic mass is 16.2. The Morgan fingerprint density at radius 3 is 3.08 bits per heavy atom. The molecule has 3 rings (SSSR count). The second-order valence-electron chi connectivity index (χ2n) is 5.75. The molecule has 0 spiro atoms. The average molecular weight is 324 g/mol. The Hall–Kier alpha value is -3.21. The number of aromatic nitrogens is 3. The number of carbonyl (C=O) groups is 2. The molecule has 2 aromatic heterocycles. The molecule has 2 N–H and O–H groups in total. The number of nitrogens with zero attached hydrogens (tertiary/aromatic N) is 4. The maximum atomic E-state index is 12.3. The van der Waals surface area contributed by atoms with E-state index in [1.54, 1.807) is 31.6 Å². The number of nitrogens with one attached hydrogen (secondary N) is 2. The first-order chi connectivity index (χ1) is 11.5. The van der Waals surface area contributed by atoms with Gasteiger partial charge in [0.15, 0.2) is 0 Å². The Bertz CT molecular complexity index is 866. The molecule has 0 saturated carbocycles. The molecule has 3 heterocycles. The van der Waals surface area contributed by atoms with Crippen LogP contribution in [-0.2, 0) is 11.2 Å². The fraction of sp³-hybridized carbons (Fsp3) is 0.312. The highest BCUT2D eigenvalue weighted by molar-refractivity contribution is 6.00. The molecular formula is C16H16N6O2. The lowest BCUT2D eigenvalue weighted by atomic mass is 10.0. The van der Waals surface area contributed by atoms with Gasteiger partial charge in [-0.25, -0.2) is 16.4 Å². The Labute approximate surface area is 138 Å². The summed E-state index contributed by atoms with van der Waals surface area (Å²) in [4.78, 5) is 31.4. The van der Waals surface area contributed by atoms with E-state index >= 15 is 0 Å². The van der Waals surface area contributed by atoms with Crippen molar-refractivity contribution in [2.45, 2.75) is 32.4 Å². The molecule has 2 aromatic rings. The summed E-state index contributed by atoms with van der Waals surface area (Å²) in [5.74, 6) is 0.437. The van der Waals surface area contributed by atoms with Crippen LogP contribution in [-0.4, -0.2) is 32.4 Å². The topological polar surface area (TPSA) is 93.3 Å². The number of hydrogen-bond donors (Lipinski definition) is 2. The van der Waals surface area contributed by atoms with Crippen molar-refractivity contribution in [3.63, 3.8) is 0 Å². The number of carbonyl (C=O) groups excluding carboxylic acids is 2. The van der Waals surface area contributed by atoms with Crippen molar-refractivity contribution in [3.05, 3.63) is 41.6 Å². The van der Waals surface area contributed by atoms with E-state index in [1.807, 2.05) is 6.92 Å². The van der Waals surface area contributed by atoms with Gasteiger partial charge in [-0.3, -0.25) is 15.0 Å². The summed E-state index contributed by atoms with van der Waals surface area (Å²) >= 11 is 0. The van der Waals surface area contributed by atoms with Gasteiger partial charge in [-0.15, -0.1) is 0 Å². The lowest BCUT2D eigenvalue weighted by Crippen LogP contribution is -2.44. The normalized spacial score (nSPS) is 15.1. The third-order valence-electron chi connectivity index (χ3n) is 4.06. The van der Waals surface area contributed by atoms with Crippen molar-refractivity contribution in [3.8, 4) is 11.1 Å². The van der Waals surface area contributed by atoms with Gasteiger partial charge in [0.25, 0.3) is 0 Å². The lowest BCUT2D eigenvalue weighted by molar-refractivity contribution is -0.115. The maximum absolute atomic E-state index is 12.3. The summed E-state index contributed by atoms with van der Waals surface area (Å²) in [6.45, 7) is 10.7. The summed E-state index contributed by atoms with van der Waals surface area (Å²) in [5, 5.41) is 9.42. The van der Waals surface area contributed by atoms with E-state index in [9.17, 15) is 9.59 Å². The Morgan fingerprint density at radius 2 is 2.38 bits per heavy atom. The molecule has 0 fully saturated rings. The van der Waals surface area contributed by atoms with Crippen LogP contribution in [0.5, 0.6) is 0 Å². The molecule has 1 atom stereocenters. The van der Waals surface area contributed by atoms with Crippen LogP contribution < -0.4 is 10.6 Å². The summed E-state index contributed by atoms with van der Waals surface area (Å²) in [6.07, 6.45) is 5.47. The van der Waals surface area contributed by atoms with Crippen LogP contribution in [0.15, 0.2) is 24.7 Å². The molecular weight excluding hydrogens is 308 g/mol. The van der Waals surface area contributed by atoms with Gasteiger partial charge in [-0.05, 0) is 11.6 Å². The second-order valence-corrected chi connectivity index (χ2v) is 5.75. The highest BCUT2D eigenvalue weighted by Gasteiger charge is 2.30. The third kappa shape index (κ3) is 2.72. The highest BCUT2D eigenvalue weighted by Crippen LogP contribution is 2.31. The van der Waals surface area contributed by atoms with Gasteiger partial charge in [0.1, 0.15) is 5.82 Å². The first-order valence-corrected chi connectivity index (χ1v) is 7.49. The number of fused-ring (bicyclic) bond motifs is 1. The van der Waals surface area contributed by atoms with Crippen LogP contribution in [0.3, 0.4) is 0 Å². The van der Waals surface area contributed by atoms with E-state index in [4.69, 9.17) is 6.57 Å². The molecule has 122 valence electrons. The van der Waals surface area contributed by atoms with Crippen LogP contribution >= 0.6 is 0 Å². The SMILES string of the molecule is [C-]#[N+]C(C)(CC)NC(=O)n1cc(-c2ccnc3c2CC(=O)N3)cn1. The summed E-state index contributed by atoms with van der Waals surface area (Å²) in [7, 11) is 0. The smallest absolute Gasteiger partial charge is 0.310 e. The largest absolute Gasteiger partial charge is 0.348 e. The van der Waals surface area contributed by atoms with Gasteiger partial charge in [0, 0.05) is 36.9 Å². The van der Waals surface area contributed by atoms with Gasteiger partial charge < -0.3 is 5.32 Å². The zero-order valence-electron chi connectivity index (χ0n) is 13.3. The molecule has 0 aliphatic carbocycles. The van der Waals surface area contributed by atoms with Crippen molar-refractivity contribution in [2.75, 3.05) is 5.32 Å². The standard InChI is InChI=1S/C16H16N6O2/c1-4-16(2,17-3)21-15(24)22-9-10(8-19-22)11-5-6-18-14-12(11)7-13(23)20-14/h5-6,8-9H,4,7H2,1-2H3,(H,21,24)(H,18,20,23). The van der Waals surface area contributed by atoms with Crippen molar-refractivity contribution in [1.29, 1.82) is 0 Å². The number of hydrogen-bond acceptors (Lipinski definition) is 4. The summed E-state index contributed by atoms with van der Waals surface area (Å²) in [5.41, 5.74) is 1.35. The first-order valence-electron chi connectivity index (χ1n) is 7.49. The van der Waals surface area contributed by atoms with Crippen molar-refractivity contribution in [2.24, 2.45) is 0 Å². The minimum atomic E-state index is -0.961. The van der Waals surface area contributed by atoms with Crippen LogP contribution in [0.1, 0.15) is 25.8 Å². The van der Waals surface area contributed by atoms with Gasteiger partial charge >= 0.3 is 11.7 Å². The van der Waals surface area contributed by atoms with Crippen molar-refractivity contribution in [1.82, 2.24) is 20.1 Å². The Kier molecular flexibility index (Phi) is 3.77. The number of amides is 2. The van der Waals surface area contributed by atoms with Crippen LogP contribution in [0.4, 0.5) is 10.6 Å². The Morgan fingerprint density at radius 1 is 1.58 bits per heavy atom. The predicted molar refractivity (Wildman–Crippen MR) is 87.0 cm³/mol. The maximum Gasteiger partial charge on any atom is 0.348 e. The van der Waals surface area contributed by atoms with Gasteiger partial charge in [0.2, 0.25) is 5.91 Å². The minimum Gasteiger partial charge on any atom is -0.310 e. The molecule has 0 radical (unpaired) electrons. The fourth-order valence-electron chi connectivity index (χ4n) is 2.44. The van der Waals surface area contributed by atoms with E-state index < -0.39 is 11.7 Å². The Balaban J connectivity index is 1.88. The van der Waals surface area contributed by atoms with E-state index in [2.05, 4.69) is 25.6 Å². The third-order valence-corrected chi connectivity index (χ3v) is 4.06.